The van der Waals surface area contributed by atoms with E-state index >= 15 is 0 Å². The van der Waals surface area contributed by atoms with Gasteiger partial charge in [-0.2, -0.15) is 13.2 Å². The molecule has 1 atom stereocenters. The van der Waals surface area contributed by atoms with Crippen LogP contribution in [0.1, 0.15) is 30.0 Å². The molecule has 4 aromatic heterocycles. The summed E-state index contributed by atoms with van der Waals surface area (Å²) in [5.74, 6) is 1.38. The normalized spacial score (nSPS) is 19.3. The molecular weight excluding hydrogens is 447 g/mol. The average molecular weight is 469 g/mol. The Morgan fingerprint density at radius 3 is 2.79 bits per heavy atom. The highest BCUT2D eigenvalue weighted by Crippen LogP contribution is 2.45. The van der Waals surface area contributed by atoms with E-state index in [0.29, 0.717) is 47.1 Å². The highest BCUT2D eigenvalue weighted by molar-refractivity contribution is 5.97. The standard InChI is InChI=1S/C23H22F3N7O/c24-23(25,26)18-7-15-14(3-4-29-20(15)31-18)21-30-17-10-28-9-16(12-1-2-12)19(17)22(32-21)33-6-5-27-8-13(33)11-34/h3-4,7,9-10,12-13,27,34H,1-2,5-6,8,11H2,(H,29,31). The van der Waals surface area contributed by atoms with Crippen molar-refractivity contribution in [1.29, 1.82) is 0 Å². The number of aromatic amines is 1. The molecule has 8 nitrogen and oxygen atoms in total. The maximum atomic E-state index is 13.3. The maximum Gasteiger partial charge on any atom is 0.431 e. The molecule has 2 aliphatic rings. The Morgan fingerprint density at radius 1 is 1.18 bits per heavy atom. The molecule has 0 bridgehead atoms. The van der Waals surface area contributed by atoms with E-state index in [-0.39, 0.29) is 18.3 Å². The van der Waals surface area contributed by atoms with E-state index in [2.05, 4.69) is 25.2 Å². The Bertz CT molecular complexity index is 1380. The molecule has 34 heavy (non-hydrogen) atoms. The third-order valence-electron chi connectivity index (χ3n) is 6.55. The lowest BCUT2D eigenvalue weighted by Crippen LogP contribution is -2.53. The van der Waals surface area contributed by atoms with Crippen LogP contribution >= 0.6 is 0 Å². The molecule has 0 aromatic carbocycles. The first-order chi connectivity index (χ1) is 16.4. The number of anilines is 1. The summed E-state index contributed by atoms with van der Waals surface area (Å²) in [6.45, 7) is 1.92. The van der Waals surface area contributed by atoms with E-state index in [1.54, 1.807) is 12.3 Å². The van der Waals surface area contributed by atoms with Crippen LogP contribution in [0, 0.1) is 0 Å². The van der Waals surface area contributed by atoms with Crippen LogP contribution in [0.15, 0.2) is 30.7 Å². The minimum atomic E-state index is -4.52. The SMILES string of the molecule is OCC1CNCCN1c1nc(-c2ccnc3[nH]c(C(F)(F)F)cc23)nc2cncc(C3CC3)c12. The molecule has 3 N–H and O–H groups in total. The number of rotatable bonds is 4. The second-order valence-corrected chi connectivity index (χ2v) is 8.80. The van der Waals surface area contributed by atoms with E-state index < -0.39 is 11.9 Å². The predicted octanol–water partition coefficient (Wildman–Crippen LogP) is 3.23. The van der Waals surface area contributed by atoms with E-state index in [0.717, 1.165) is 36.4 Å². The van der Waals surface area contributed by atoms with Crippen molar-refractivity contribution in [2.45, 2.75) is 31.0 Å². The van der Waals surface area contributed by atoms with Crippen molar-refractivity contribution >= 4 is 27.8 Å². The molecule has 1 aliphatic carbocycles. The van der Waals surface area contributed by atoms with Crippen molar-refractivity contribution in [2.75, 3.05) is 31.1 Å². The number of nitrogens with one attached hydrogen (secondary N) is 2. The van der Waals surface area contributed by atoms with Crippen LogP contribution in [0.4, 0.5) is 19.0 Å². The number of aliphatic hydroxyl groups excluding tert-OH is 1. The number of nitrogens with zero attached hydrogens (tertiary/aromatic N) is 5. The second kappa shape index (κ2) is 7.88. The molecule has 5 heterocycles. The molecule has 2 fully saturated rings. The summed E-state index contributed by atoms with van der Waals surface area (Å²) in [5.41, 5.74) is 1.41. The van der Waals surface area contributed by atoms with Crippen molar-refractivity contribution in [3.05, 3.63) is 42.0 Å². The van der Waals surface area contributed by atoms with Crippen molar-refractivity contribution in [2.24, 2.45) is 0 Å². The zero-order valence-corrected chi connectivity index (χ0v) is 18.1. The van der Waals surface area contributed by atoms with Crippen molar-refractivity contribution in [3.8, 4) is 11.4 Å². The monoisotopic (exact) mass is 469 g/mol. The summed E-state index contributed by atoms with van der Waals surface area (Å²) < 4.78 is 40.0. The van der Waals surface area contributed by atoms with E-state index in [4.69, 9.17) is 9.97 Å². The fourth-order valence-electron chi connectivity index (χ4n) is 4.70. The number of H-pyrrole nitrogens is 1. The Balaban J connectivity index is 1.59. The molecule has 1 unspecified atom stereocenters. The first-order valence-electron chi connectivity index (χ1n) is 11.2. The van der Waals surface area contributed by atoms with Gasteiger partial charge in [0, 0.05) is 48.4 Å². The van der Waals surface area contributed by atoms with Crippen LogP contribution in [-0.4, -0.2) is 62.3 Å². The predicted molar refractivity (Wildman–Crippen MR) is 120 cm³/mol. The fourth-order valence-corrected chi connectivity index (χ4v) is 4.70. The van der Waals surface area contributed by atoms with Gasteiger partial charge in [-0.3, -0.25) is 4.98 Å². The molecule has 0 radical (unpaired) electrons. The highest BCUT2D eigenvalue weighted by Gasteiger charge is 2.34. The van der Waals surface area contributed by atoms with Gasteiger partial charge in [0.2, 0.25) is 0 Å². The van der Waals surface area contributed by atoms with Gasteiger partial charge in [-0.05, 0) is 36.5 Å². The number of aliphatic hydroxyl groups is 1. The van der Waals surface area contributed by atoms with E-state index in [1.165, 1.54) is 6.20 Å². The Kier molecular flexibility index (Phi) is 4.92. The van der Waals surface area contributed by atoms with Gasteiger partial charge in [0.25, 0.3) is 0 Å². The van der Waals surface area contributed by atoms with Crippen molar-refractivity contribution in [1.82, 2.24) is 30.2 Å². The number of aromatic nitrogens is 5. The second-order valence-electron chi connectivity index (χ2n) is 8.80. The number of piperazine rings is 1. The summed E-state index contributed by atoms with van der Waals surface area (Å²) in [7, 11) is 0. The van der Waals surface area contributed by atoms with Gasteiger partial charge < -0.3 is 20.3 Å². The molecule has 176 valence electrons. The van der Waals surface area contributed by atoms with Crippen LogP contribution in [-0.2, 0) is 6.18 Å². The Morgan fingerprint density at radius 2 is 2.03 bits per heavy atom. The number of hydrogen-bond acceptors (Lipinski definition) is 7. The van der Waals surface area contributed by atoms with Gasteiger partial charge in [-0.1, -0.05) is 0 Å². The van der Waals surface area contributed by atoms with Crippen LogP contribution in [0.25, 0.3) is 33.3 Å². The zero-order chi connectivity index (χ0) is 23.4. The minimum absolute atomic E-state index is 0.0517. The number of alkyl halides is 3. The topological polar surface area (TPSA) is 103 Å². The lowest BCUT2D eigenvalue weighted by atomic mass is 10.1. The van der Waals surface area contributed by atoms with Gasteiger partial charge in [0.05, 0.1) is 24.4 Å². The largest absolute Gasteiger partial charge is 0.431 e. The maximum absolute atomic E-state index is 13.3. The first-order valence-corrected chi connectivity index (χ1v) is 11.2. The van der Waals surface area contributed by atoms with Gasteiger partial charge in [-0.15, -0.1) is 0 Å². The first kappa shape index (κ1) is 21.2. The smallest absolute Gasteiger partial charge is 0.394 e. The summed E-state index contributed by atoms with van der Waals surface area (Å²) in [6, 6.07) is 2.49. The van der Waals surface area contributed by atoms with Gasteiger partial charge in [0.1, 0.15) is 17.2 Å². The molecule has 1 saturated heterocycles. The molecule has 11 heteroatoms. The van der Waals surface area contributed by atoms with Gasteiger partial charge >= 0.3 is 6.18 Å². The summed E-state index contributed by atoms with van der Waals surface area (Å²) in [6.07, 6.45) is 2.59. The zero-order valence-electron chi connectivity index (χ0n) is 18.1. The quantitative estimate of drug-likeness (QED) is 0.422. The fraction of sp³-hybridized carbons (Fsp3) is 0.391. The lowest BCUT2D eigenvalue weighted by Gasteiger charge is -2.37. The van der Waals surface area contributed by atoms with Crippen LogP contribution < -0.4 is 10.2 Å². The molecule has 0 amide bonds. The molecule has 1 aliphatic heterocycles. The molecule has 1 saturated carbocycles. The van der Waals surface area contributed by atoms with E-state index in [9.17, 15) is 18.3 Å². The van der Waals surface area contributed by atoms with Gasteiger partial charge in [0.15, 0.2) is 5.82 Å². The van der Waals surface area contributed by atoms with Crippen molar-refractivity contribution < 1.29 is 18.3 Å². The molecule has 4 aromatic rings. The molecule has 0 spiro atoms. The number of pyridine rings is 2. The lowest BCUT2D eigenvalue weighted by molar-refractivity contribution is -0.140. The van der Waals surface area contributed by atoms with Crippen LogP contribution in [0.3, 0.4) is 0 Å². The number of hydrogen-bond donors (Lipinski definition) is 3. The highest BCUT2D eigenvalue weighted by atomic mass is 19.4. The van der Waals surface area contributed by atoms with Crippen molar-refractivity contribution in [3.63, 3.8) is 0 Å². The molecular formula is C23H22F3N7O. The average Bonchev–Trinajstić information content (AvgIpc) is 3.59. The Hall–Kier alpha value is -3.31. The van der Waals surface area contributed by atoms with Crippen LogP contribution in [0.5, 0.6) is 0 Å². The number of halogens is 3. The molecule has 6 rings (SSSR count). The minimum Gasteiger partial charge on any atom is -0.394 e. The third-order valence-corrected chi connectivity index (χ3v) is 6.55. The third kappa shape index (κ3) is 3.55. The summed E-state index contributed by atoms with van der Waals surface area (Å²) >= 11 is 0. The summed E-state index contributed by atoms with van der Waals surface area (Å²) in [5, 5.41) is 14.5. The Labute approximate surface area is 192 Å². The summed E-state index contributed by atoms with van der Waals surface area (Å²) in [4.78, 5) is 22.6. The van der Waals surface area contributed by atoms with Gasteiger partial charge in [-0.25, -0.2) is 15.0 Å². The van der Waals surface area contributed by atoms with E-state index in [1.807, 2.05) is 6.20 Å². The van der Waals surface area contributed by atoms with Crippen LogP contribution in [0.2, 0.25) is 0 Å². The number of fused-ring (bicyclic) bond motifs is 2.